The summed E-state index contributed by atoms with van der Waals surface area (Å²) in [5.41, 5.74) is 5.85. The molecule has 8 heteroatoms. The number of amides is 2. The number of carbonyl (C=O) groups is 2. The zero-order valence-electron chi connectivity index (χ0n) is 16.1. The van der Waals surface area contributed by atoms with Gasteiger partial charge in [0.15, 0.2) is 5.16 Å². The Kier molecular flexibility index (Phi) is 5.27. The number of benzene rings is 2. The largest absolute Gasteiger partial charge is 0.369 e. The zero-order chi connectivity index (χ0) is 20.5. The first-order valence-corrected chi connectivity index (χ1v) is 10.5. The predicted molar refractivity (Wildman–Crippen MR) is 114 cm³/mol. The van der Waals surface area contributed by atoms with E-state index >= 15 is 0 Å². The van der Waals surface area contributed by atoms with Crippen LogP contribution in [0.25, 0.3) is 21.7 Å². The molecule has 0 aliphatic carbocycles. The number of hydrogen-bond acceptors (Lipinski definition) is 5. The number of nitrogens with two attached hydrogens (primary N) is 1. The van der Waals surface area contributed by atoms with Gasteiger partial charge in [-0.2, -0.15) is 0 Å². The highest BCUT2D eigenvalue weighted by atomic mass is 32.2. The van der Waals surface area contributed by atoms with Crippen molar-refractivity contribution in [3.8, 4) is 0 Å². The molecule has 1 saturated heterocycles. The van der Waals surface area contributed by atoms with Crippen molar-refractivity contribution in [1.29, 1.82) is 0 Å². The Hall–Kier alpha value is -2.87. The van der Waals surface area contributed by atoms with Crippen molar-refractivity contribution >= 4 is 45.3 Å². The first-order chi connectivity index (χ1) is 13.9. The van der Waals surface area contributed by atoms with E-state index in [1.165, 1.54) is 16.3 Å². The Morgan fingerprint density at radius 2 is 1.83 bits per heavy atom. The van der Waals surface area contributed by atoms with Crippen molar-refractivity contribution < 1.29 is 9.59 Å². The van der Waals surface area contributed by atoms with Gasteiger partial charge in [0.05, 0.1) is 16.7 Å². The lowest BCUT2D eigenvalue weighted by Gasteiger charge is -2.30. The fourth-order valence-electron chi connectivity index (χ4n) is 3.70. The lowest BCUT2D eigenvalue weighted by molar-refractivity contribution is -0.132. The normalized spacial score (nSPS) is 15.1. The highest BCUT2D eigenvalue weighted by Crippen LogP contribution is 2.23. The molecule has 7 nitrogen and oxygen atoms in total. The topological polar surface area (TPSA) is 98.3 Å². The Morgan fingerprint density at radius 3 is 2.48 bits per heavy atom. The molecule has 150 valence electrons. The van der Waals surface area contributed by atoms with Crippen molar-refractivity contribution in [3.63, 3.8) is 0 Å². The fraction of sp³-hybridized carbons (Fsp3) is 0.333. The number of nitrogens with zero attached hydrogens (tertiary/aromatic N) is 3. The maximum Gasteiger partial charge on any atom is 0.261 e. The van der Waals surface area contributed by atoms with E-state index in [4.69, 9.17) is 5.73 Å². The number of fused-ring (bicyclic) bond motifs is 2. The summed E-state index contributed by atoms with van der Waals surface area (Å²) >= 11 is 1.26. The lowest BCUT2D eigenvalue weighted by Crippen LogP contribution is -2.42. The number of primary amides is 1. The van der Waals surface area contributed by atoms with E-state index in [1.807, 2.05) is 36.4 Å². The van der Waals surface area contributed by atoms with Gasteiger partial charge in [0.1, 0.15) is 0 Å². The van der Waals surface area contributed by atoms with Gasteiger partial charge in [0.2, 0.25) is 11.8 Å². The van der Waals surface area contributed by atoms with E-state index in [2.05, 4.69) is 4.98 Å². The van der Waals surface area contributed by atoms with Gasteiger partial charge >= 0.3 is 0 Å². The maximum absolute atomic E-state index is 12.8. The summed E-state index contributed by atoms with van der Waals surface area (Å²) in [6, 6.07) is 11.6. The van der Waals surface area contributed by atoms with Crippen LogP contribution in [0.5, 0.6) is 0 Å². The minimum Gasteiger partial charge on any atom is -0.369 e. The van der Waals surface area contributed by atoms with Crippen LogP contribution in [0, 0.1) is 5.92 Å². The summed E-state index contributed by atoms with van der Waals surface area (Å²) in [7, 11) is 1.68. The Morgan fingerprint density at radius 1 is 1.17 bits per heavy atom. The van der Waals surface area contributed by atoms with Crippen molar-refractivity contribution in [2.24, 2.45) is 18.7 Å². The number of carbonyl (C=O) groups excluding carboxylic acids is 2. The summed E-state index contributed by atoms with van der Waals surface area (Å²) < 4.78 is 1.49. The zero-order valence-corrected chi connectivity index (χ0v) is 16.9. The SMILES string of the molecule is Cn1c(SCC(=O)N2CCC(C(N)=O)CC2)nc2cc3ccccc3cc2c1=O. The summed E-state index contributed by atoms with van der Waals surface area (Å²) in [4.78, 5) is 43.0. The van der Waals surface area contributed by atoms with Gasteiger partial charge in [-0.15, -0.1) is 0 Å². The molecule has 0 saturated carbocycles. The molecule has 2 aromatic carbocycles. The second-order valence-electron chi connectivity index (χ2n) is 7.32. The molecule has 2 heterocycles. The van der Waals surface area contributed by atoms with Gasteiger partial charge < -0.3 is 10.6 Å². The first-order valence-electron chi connectivity index (χ1n) is 9.53. The molecule has 29 heavy (non-hydrogen) atoms. The Bertz CT molecular complexity index is 1170. The second kappa shape index (κ2) is 7.87. The molecule has 2 N–H and O–H groups in total. The van der Waals surface area contributed by atoms with Crippen LogP contribution in [0.3, 0.4) is 0 Å². The van der Waals surface area contributed by atoms with E-state index in [0.717, 1.165) is 10.8 Å². The molecular weight excluding hydrogens is 388 g/mol. The van der Waals surface area contributed by atoms with Gasteiger partial charge in [0, 0.05) is 26.1 Å². The monoisotopic (exact) mass is 410 g/mol. The van der Waals surface area contributed by atoms with Gasteiger partial charge in [-0.1, -0.05) is 36.0 Å². The second-order valence-corrected chi connectivity index (χ2v) is 8.26. The lowest BCUT2D eigenvalue weighted by atomic mass is 9.96. The standard InChI is InChI=1S/C21H22N4O3S/c1-24-20(28)16-10-14-4-2-3-5-15(14)11-17(16)23-21(24)29-12-18(26)25-8-6-13(7-9-25)19(22)27/h2-5,10-11,13H,6-9,12H2,1H3,(H2,22,27). The summed E-state index contributed by atoms with van der Waals surface area (Å²) in [5.74, 6) is -0.273. The first kappa shape index (κ1) is 19.4. The quantitative estimate of drug-likeness (QED) is 0.402. The van der Waals surface area contributed by atoms with Crippen LogP contribution in [0.1, 0.15) is 12.8 Å². The van der Waals surface area contributed by atoms with Crippen molar-refractivity contribution in [2.75, 3.05) is 18.8 Å². The van der Waals surface area contributed by atoms with Crippen LogP contribution in [0.4, 0.5) is 0 Å². The van der Waals surface area contributed by atoms with Gasteiger partial charge in [-0.3, -0.25) is 19.0 Å². The third kappa shape index (κ3) is 3.85. The van der Waals surface area contributed by atoms with Gasteiger partial charge in [-0.05, 0) is 35.7 Å². The highest BCUT2D eigenvalue weighted by molar-refractivity contribution is 7.99. The van der Waals surface area contributed by atoms with Crippen LogP contribution in [-0.2, 0) is 16.6 Å². The van der Waals surface area contributed by atoms with Crippen LogP contribution in [-0.4, -0.2) is 45.1 Å². The predicted octanol–water partition coefficient (Wildman–Crippen LogP) is 1.90. The number of aromatic nitrogens is 2. The third-order valence-corrected chi connectivity index (χ3v) is 6.49. The van der Waals surface area contributed by atoms with Gasteiger partial charge in [-0.25, -0.2) is 4.98 Å². The minimum atomic E-state index is -0.297. The van der Waals surface area contributed by atoms with Crippen molar-refractivity contribution in [3.05, 3.63) is 46.8 Å². The highest BCUT2D eigenvalue weighted by Gasteiger charge is 2.26. The Balaban J connectivity index is 1.53. The number of piperidine rings is 1. The molecule has 0 unspecified atom stereocenters. The van der Waals surface area contributed by atoms with E-state index in [9.17, 15) is 14.4 Å². The Labute approximate surface area is 171 Å². The molecule has 4 rings (SSSR count). The van der Waals surface area contributed by atoms with Crippen molar-refractivity contribution in [1.82, 2.24) is 14.5 Å². The molecule has 1 aromatic heterocycles. The molecule has 0 bridgehead atoms. The van der Waals surface area contributed by atoms with E-state index < -0.39 is 0 Å². The maximum atomic E-state index is 12.8. The molecule has 0 spiro atoms. The molecule has 0 radical (unpaired) electrons. The molecule has 2 amide bonds. The smallest absolute Gasteiger partial charge is 0.261 e. The van der Waals surface area contributed by atoms with Crippen LogP contribution >= 0.6 is 11.8 Å². The van der Waals surface area contributed by atoms with E-state index in [1.54, 1.807) is 11.9 Å². The molecule has 1 aliphatic rings. The number of hydrogen-bond donors (Lipinski definition) is 1. The minimum absolute atomic E-state index is 0.0224. The molecule has 3 aromatic rings. The van der Waals surface area contributed by atoms with Crippen LogP contribution < -0.4 is 11.3 Å². The summed E-state index contributed by atoms with van der Waals surface area (Å²) in [5, 5.41) is 3.09. The molecular formula is C21H22N4O3S. The average Bonchev–Trinajstić information content (AvgIpc) is 2.74. The third-order valence-electron chi connectivity index (χ3n) is 5.48. The summed E-state index contributed by atoms with van der Waals surface area (Å²) in [6.45, 7) is 1.06. The average molecular weight is 410 g/mol. The van der Waals surface area contributed by atoms with Gasteiger partial charge in [0.25, 0.3) is 5.56 Å². The molecule has 0 atom stereocenters. The fourth-order valence-corrected chi connectivity index (χ4v) is 4.57. The van der Waals surface area contributed by atoms with Crippen molar-refractivity contribution in [2.45, 2.75) is 18.0 Å². The van der Waals surface area contributed by atoms with E-state index in [0.29, 0.717) is 42.0 Å². The van der Waals surface area contributed by atoms with Crippen LogP contribution in [0.15, 0.2) is 46.3 Å². The number of thioether (sulfide) groups is 1. The molecule has 1 fully saturated rings. The van der Waals surface area contributed by atoms with Crippen LogP contribution in [0.2, 0.25) is 0 Å². The number of rotatable bonds is 4. The van der Waals surface area contributed by atoms with E-state index in [-0.39, 0.29) is 29.0 Å². The molecule has 1 aliphatic heterocycles. The number of likely N-dealkylation sites (tertiary alicyclic amines) is 1. The summed E-state index contributed by atoms with van der Waals surface area (Å²) in [6.07, 6.45) is 1.21.